The van der Waals surface area contributed by atoms with Crippen molar-refractivity contribution in [2.24, 2.45) is 5.73 Å². The average Bonchev–Trinajstić information content (AvgIpc) is 2.95. The fraction of sp³-hybridized carbons (Fsp3) is 0.543. The van der Waals surface area contributed by atoms with Gasteiger partial charge in [-0.1, -0.05) is 84.0 Å². The highest BCUT2D eigenvalue weighted by molar-refractivity contribution is 5.93. The van der Waals surface area contributed by atoms with Crippen molar-refractivity contribution in [1.82, 2.24) is 21.3 Å². The molecule has 10 nitrogen and oxygen atoms in total. The zero-order valence-corrected chi connectivity index (χ0v) is 27.6. The number of hydrogen-bond acceptors (Lipinski definition) is 6. The molecule has 7 N–H and O–H groups in total. The predicted molar refractivity (Wildman–Crippen MR) is 176 cm³/mol. The summed E-state index contributed by atoms with van der Waals surface area (Å²) >= 11 is 0. The van der Waals surface area contributed by atoms with Crippen LogP contribution in [0.25, 0.3) is 0 Å². The Morgan fingerprint density at radius 3 is 2.13 bits per heavy atom. The summed E-state index contributed by atoms with van der Waals surface area (Å²) < 4.78 is 0. The molecule has 3 atom stereocenters. The van der Waals surface area contributed by atoms with Crippen molar-refractivity contribution in [3.63, 3.8) is 0 Å². The third kappa shape index (κ3) is 10.6. The summed E-state index contributed by atoms with van der Waals surface area (Å²) in [5, 5.41) is 22.5. The van der Waals surface area contributed by atoms with Crippen LogP contribution in [0.4, 0.5) is 0 Å². The molecule has 1 unspecified atom stereocenters. The van der Waals surface area contributed by atoms with Gasteiger partial charge in [-0.05, 0) is 58.8 Å². The van der Waals surface area contributed by atoms with Crippen LogP contribution in [0.2, 0.25) is 0 Å². The summed E-state index contributed by atoms with van der Waals surface area (Å²) in [4.78, 5) is 52.7. The van der Waals surface area contributed by atoms with E-state index in [1.807, 2.05) is 84.0 Å². The molecule has 246 valence electrons. The zero-order chi connectivity index (χ0) is 33.4. The minimum Gasteiger partial charge on any atom is -0.507 e. The van der Waals surface area contributed by atoms with E-state index in [4.69, 9.17) is 5.73 Å². The summed E-state index contributed by atoms with van der Waals surface area (Å²) in [5.74, 6) is -1.34. The second-order valence-corrected chi connectivity index (χ2v) is 14.0. The first-order valence-corrected chi connectivity index (χ1v) is 15.9. The lowest BCUT2D eigenvalue weighted by molar-refractivity contribution is -0.132. The molecule has 3 rings (SSSR count). The summed E-state index contributed by atoms with van der Waals surface area (Å²) in [6.07, 6.45) is 2.06. The van der Waals surface area contributed by atoms with Crippen LogP contribution >= 0.6 is 0 Å². The van der Waals surface area contributed by atoms with E-state index in [2.05, 4.69) is 21.3 Å². The number of carbonyl (C=O) groups is 4. The number of hydrogen-bond donors (Lipinski definition) is 6. The van der Waals surface area contributed by atoms with Gasteiger partial charge in [0.25, 0.3) is 0 Å². The van der Waals surface area contributed by atoms with Crippen molar-refractivity contribution < 1.29 is 24.3 Å². The molecule has 0 aromatic heterocycles. The Hall–Kier alpha value is -3.92. The van der Waals surface area contributed by atoms with E-state index >= 15 is 0 Å². The van der Waals surface area contributed by atoms with E-state index in [1.54, 1.807) is 0 Å². The molecule has 1 fully saturated rings. The van der Waals surface area contributed by atoms with Gasteiger partial charge in [0.1, 0.15) is 17.8 Å². The van der Waals surface area contributed by atoms with E-state index in [0.717, 1.165) is 22.3 Å². The average molecular weight is 622 g/mol. The summed E-state index contributed by atoms with van der Waals surface area (Å²) in [5.41, 5.74) is 8.62. The zero-order valence-electron chi connectivity index (χ0n) is 27.6. The molecule has 10 heteroatoms. The van der Waals surface area contributed by atoms with Gasteiger partial charge in [0.15, 0.2) is 0 Å². The van der Waals surface area contributed by atoms with E-state index in [9.17, 15) is 24.3 Å². The lowest BCUT2D eigenvalue weighted by atomic mass is 9.78. The minimum absolute atomic E-state index is 0.113. The Kier molecular flexibility index (Phi) is 12.2. The van der Waals surface area contributed by atoms with Crippen molar-refractivity contribution in [2.75, 3.05) is 13.1 Å². The molecule has 45 heavy (non-hydrogen) atoms. The minimum atomic E-state index is -0.994. The van der Waals surface area contributed by atoms with E-state index in [0.29, 0.717) is 32.2 Å². The molecule has 1 heterocycles. The molecule has 0 spiro atoms. The number of phenolic OH excluding ortho intramolecular Hbond substituents is 1. The molecule has 0 aliphatic carbocycles. The molecule has 4 amide bonds. The number of aromatic hydroxyl groups is 1. The Morgan fingerprint density at radius 2 is 1.53 bits per heavy atom. The van der Waals surface area contributed by atoms with Crippen LogP contribution in [0.1, 0.15) is 89.5 Å². The number of benzene rings is 2. The maximum absolute atomic E-state index is 13.7. The second kappa shape index (κ2) is 15.4. The van der Waals surface area contributed by atoms with Gasteiger partial charge in [-0.2, -0.15) is 0 Å². The maximum Gasteiger partial charge on any atom is 0.243 e. The molecular weight excluding hydrogens is 570 g/mol. The molecule has 0 bridgehead atoms. The van der Waals surface area contributed by atoms with Crippen molar-refractivity contribution in [3.8, 4) is 5.75 Å². The van der Waals surface area contributed by atoms with Gasteiger partial charge in [0.2, 0.25) is 23.6 Å². The third-order valence-corrected chi connectivity index (χ3v) is 8.02. The van der Waals surface area contributed by atoms with Crippen LogP contribution in [-0.2, 0) is 42.8 Å². The highest BCUT2D eigenvalue weighted by Crippen LogP contribution is 2.40. The first-order valence-electron chi connectivity index (χ1n) is 15.9. The predicted octanol–water partition coefficient (Wildman–Crippen LogP) is 2.88. The van der Waals surface area contributed by atoms with Crippen LogP contribution in [0.3, 0.4) is 0 Å². The third-order valence-electron chi connectivity index (χ3n) is 8.02. The van der Waals surface area contributed by atoms with Gasteiger partial charge < -0.3 is 32.1 Å². The maximum atomic E-state index is 13.7. The number of nitrogens with one attached hydrogen (secondary N) is 4. The number of phenols is 1. The summed E-state index contributed by atoms with van der Waals surface area (Å²) in [7, 11) is 0. The van der Waals surface area contributed by atoms with Crippen LogP contribution in [0.5, 0.6) is 5.75 Å². The summed E-state index contributed by atoms with van der Waals surface area (Å²) in [6, 6.07) is 10.4. The number of carbonyl (C=O) groups excluding carboxylic acids is 4. The largest absolute Gasteiger partial charge is 0.507 e. The smallest absolute Gasteiger partial charge is 0.243 e. The van der Waals surface area contributed by atoms with E-state index in [1.165, 1.54) is 0 Å². The van der Waals surface area contributed by atoms with Crippen LogP contribution in [0.15, 0.2) is 42.5 Å². The Bertz CT molecular complexity index is 1310. The number of rotatable bonds is 6. The highest BCUT2D eigenvalue weighted by atomic mass is 16.3. The normalized spacial score (nSPS) is 19.8. The van der Waals surface area contributed by atoms with Gasteiger partial charge in [0, 0.05) is 25.9 Å². The van der Waals surface area contributed by atoms with Crippen LogP contribution in [-0.4, -0.2) is 60.0 Å². The van der Waals surface area contributed by atoms with Gasteiger partial charge >= 0.3 is 0 Å². The topological polar surface area (TPSA) is 163 Å². The van der Waals surface area contributed by atoms with Crippen LogP contribution < -0.4 is 27.0 Å². The van der Waals surface area contributed by atoms with Gasteiger partial charge in [-0.3, -0.25) is 19.2 Å². The fourth-order valence-corrected chi connectivity index (χ4v) is 5.39. The quantitative estimate of drug-likeness (QED) is 0.291. The highest BCUT2D eigenvalue weighted by Gasteiger charge is 2.31. The standard InChI is InChI=1S/C35H51N5O5/c1-34(2,3)24-18-23(19-25(30(24)42)35(4,5)6)21-28-32(44)38-17-15-29(41)37-16-11-10-14-27(33(45)40-28)39-31(43)26(36)20-22-12-8-7-9-13-22/h7-9,12-13,18-19,26-28,42H,10-11,14-17,20-21,36H2,1-6H3,(H,37,41)(H,38,44)(H,39,43)(H,40,45)/t26-,27-,28?/m0/s1. The van der Waals surface area contributed by atoms with Gasteiger partial charge in [0.05, 0.1) is 6.04 Å². The van der Waals surface area contributed by atoms with Gasteiger partial charge in [-0.25, -0.2) is 0 Å². The van der Waals surface area contributed by atoms with Crippen molar-refractivity contribution >= 4 is 23.6 Å². The number of nitrogens with two attached hydrogens (primary N) is 1. The lowest BCUT2D eigenvalue weighted by Gasteiger charge is -2.29. The molecule has 1 saturated heterocycles. The van der Waals surface area contributed by atoms with Crippen LogP contribution in [0, 0.1) is 0 Å². The monoisotopic (exact) mass is 621 g/mol. The SMILES string of the molecule is CC(C)(C)c1cc(CC2NC(=O)[C@@H](NC(=O)[C@@H](N)Cc3ccccc3)CCCCNC(=O)CCNC2=O)cc(C(C)(C)C)c1O. The number of amides is 4. The first-order chi connectivity index (χ1) is 21.1. The molecule has 2 aromatic rings. The Morgan fingerprint density at radius 1 is 0.911 bits per heavy atom. The van der Waals surface area contributed by atoms with Gasteiger partial charge in [-0.15, -0.1) is 0 Å². The molecule has 1 aliphatic heterocycles. The Labute approximate surface area is 267 Å². The molecule has 0 saturated carbocycles. The molecule has 2 aromatic carbocycles. The van der Waals surface area contributed by atoms with Crippen molar-refractivity contribution in [2.45, 2.75) is 109 Å². The summed E-state index contributed by atoms with van der Waals surface area (Å²) in [6.45, 7) is 12.6. The first kappa shape index (κ1) is 35.6. The van der Waals surface area contributed by atoms with Crippen molar-refractivity contribution in [1.29, 1.82) is 0 Å². The molecular formula is C35H51N5O5. The Balaban J connectivity index is 1.91. The van der Waals surface area contributed by atoms with E-state index in [-0.39, 0.29) is 41.9 Å². The lowest BCUT2D eigenvalue weighted by Crippen LogP contribution is -2.56. The van der Waals surface area contributed by atoms with E-state index < -0.39 is 35.8 Å². The second-order valence-electron chi connectivity index (χ2n) is 14.0. The molecule has 0 radical (unpaired) electrons. The fourth-order valence-electron chi connectivity index (χ4n) is 5.39. The molecule has 1 aliphatic rings. The van der Waals surface area contributed by atoms with Crippen molar-refractivity contribution in [3.05, 3.63) is 64.7 Å².